The molecular formula is C24H31N5O3. The number of nitrogens with zero attached hydrogens (tertiary/aromatic N) is 4. The van der Waals surface area contributed by atoms with E-state index < -0.39 is 5.41 Å². The molecule has 1 atom stereocenters. The fraction of sp³-hybridized carbons (Fsp3) is 0.500. The van der Waals surface area contributed by atoms with Gasteiger partial charge in [0, 0.05) is 44.9 Å². The average Bonchev–Trinajstić information content (AvgIpc) is 3.50. The first-order valence-electron chi connectivity index (χ1n) is 11.3. The predicted octanol–water partition coefficient (Wildman–Crippen LogP) is 3.29. The summed E-state index contributed by atoms with van der Waals surface area (Å²) >= 11 is 0. The van der Waals surface area contributed by atoms with Gasteiger partial charge in [-0.05, 0) is 24.3 Å². The van der Waals surface area contributed by atoms with E-state index in [0.717, 1.165) is 11.3 Å². The lowest BCUT2D eigenvalue weighted by atomic mass is 9.72. The van der Waals surface area contributed by atoms with Gasteiger partial charge < -0.3 is 15.1 Å². The van der Waals surface area contributed by atoms with Crippen LogP contribution < -0.4 is 5.32 Å². The lowest BCUT2D eigenvalue weighted by Crippen LogP contribution is -2.52. The van der Waals surface area contributed by atoms with Crippen molar-refractivity contribution in [2.75, 3.05) is 19.6 Å². The van der Waals surface area contributed by atoms with Crippen molar-refractivity contribution in [3.63, 3.8) is 0 Å². The van der Waals surface area contributed by atoms with Crippen molar-refractivity contribution in [1.29, 1.82) is 0 Å². The molecule has 2 aliphatic rings. The van der Waals surface area contributed by atoms with E-state index in [9.17, 15) is 9.59 Å². The number of amides is 2. The van der Waals surface area contributed by atoms with E-state index in [-0.39, 0.29) is 18.0 Å². The van der Waals surface area contributed by atoms with Crippen molar-refractivity contribution in [2.24, 2.45) is 16.5 Å². The molecule has 8 heteroatoms. The summed E-state index contributed by atoms with van der Waals surface area (Å²) in [5.74, 6) is 0.423. The van der Waals surface area contributed by atoms with Gasteiger partial charge in [-0.15, -0.1) is 0 Å². The Kier molecular flexibility index (Phi) is 6.58. The number of oxime groups is 1. The summed E-state index contributed by atoms with van der Waals surface area (Å²) in [7, 11) is 0. The summed E-state index contributed by atoms with van der Waals surface area (Å²) in [6.45, 7) is 5.84. The number of likely N-dealkylation sites (tertiary alicyclic amines) is 1. The van der Waals surface area contributed by atoms with Crippen molar-refractivity contribution in [1.82, 2.24) is 19.8 Å². The second-order valence-electron chi connectivity index (χ2n) is 9.16. The number of rotatable bonds is 6. The van der Waals surface area contributed by atoms with E-state index in [1.807, 2.05) is 30.3 Å². The maximum absolute atomic E-state index is 13.3. The van der Waals surface area contributed by atoms with Crippen LogP contribution in [0.5, 0.6) is 0 Å². The fourth-order valence-corrected chi connectivity index (χ4v) is 4.44. The van der Waals surface area contributed by atoms with E-state index in [1.165, 1.54) is 10.9 Å². The molecule has 1 aromatic carbocycles. The van der Waals surface area contributed by atoms with Crippen LogP contribution in [0.4, 0.5) is 4.79 Å². The Morgan fingerprint density at radius 1 is 1.22 bits per heavy atom. The molecular weight excluding hydrogens is 406 g/mol. The minimum atomic E-state index is -0.576. The van der Waals surface area contributed by atoms with E-state index in [0.29, 0.717) is 51.2 Å². The van der Waals surface area contributed by atoms with Crippen molar-refractivity contribution >= 4 is 17.6 Å². The number of hydrogen-bond acceptors (Lipinski definition) is 5. The molecule has 170 valence electrons. The van der Waals surface area contributed by atoms with Crippen LogP contribution in [0.25, 0.3) is 0 Å². The highest BCUT2D eigenvalue weighted by Crippen LogP contribution is 2.39. The highest BCUT2D eigenvalue weighted by atomic mass is 16.6. The molecule has 8 nitrogen and oxygen atoms in total. The first kappa shape index (κ1) is 22.0. The molecule has 32 heavy (non-hydrogen) atoms. The third-order valence-electron chi connectivity index (χ3n) is 6.33. The van der Waals surface area contributed by atoms with Gasteiger partial charge in [-0.25, -0.2) is 9.78 Å². The summed E-state index contributed by atoms with van der Waals surface area (Å²) in [6.07, 6.45) is 7.06. The normalized spacial score (nSPS) is 20.0. The zero-order chi connectivity index (χ0) is 22.6. The number of aromatic nitrogens is 2. The number of piperidine rings is 1. The Morgan fingerprint density at radius 3 is 2.62 bits per heavy atom. The maximum Gasteiger partial charge on any atom is 0.329 e. The van der Waals surface area contributed by atoms with Gasteiger partial charge in [-0.1, -0.05) is 49.3 Å². The van der Waals surface area contributed by atoms with Crippen LogP contribution in [0, 0.1) is 11.3 Å². The molecule has 1 fully saturated rings. The zero-order valence-electron chi connectivity index (χ0n) is 18.7. The largest absolute Gasteiger partial charge is 0.392 e. The molecule has 0 radical (unpaired) electrons. The lowest BCUT2D eigenvalue weighted by molar-refractivity contribution is -0.136. The number of benzene rings is 1. The van der Waals surface area contributed by atoms with E-state index in [2.05, 4.69) is 29.3 Å². The lowest BCUT2D eigenvalue weighted by Gasteiger charge is -2.41. The SMILES string of the molecule is CC(C)CNC(=O)C1(C[C@H]2CC(c3ccccc3)=NO2)CCN(C(=O)n2ccnc2)CC1. The summed E-state index contributed by atoms with van der Waals surface area (Å²) in [4.78, 5) is 37.6. The summed E-state index contributed by atoms with van der Waals surface area (Å²) in [5.41, 5.74) is 1.39. The van der Waals surface area contributed by atoms with Crippen molar-refractivity contribution in [2.45, 2.75) is 45.6 Å². The molecule has 3 heterocycles. The number of hydrogen-bond donors (Lipinski definition) is 1. The number of carbonyl (C=O) groups excluding carboxylic acids is 2. The van der Waals surface area contributed by atoms with Crippen LogP contribution >= 0.6 is 0 Å². The molecule has 1 saturated heterocycles. The third-order valence-corrected chi connectivity index (χ3v) is 6.33. The Balaban J connectivity index is 1.44. The number of carbonyl (C=O) groups is 2. The highest BCUT2D eigenvalue weighted by Gasteiger charge is 2.45. The minimum Gasteiger partial charge on any atom is -0.392 e. The summed E-state index contributed by atoms with van der Waals surface area (Å²) < 4.78 is 1.48. The van der Waals surface area contributed by atoms with Crippen LogP contribution in [0.3, 0.4) is 0 Å². The van der Waals surface area contributed by atoms with Crippen molar-refractivity contribution < 1.29 is 14.4 Å². The molecule has 2 aliphatic heterocycles. The molecule has 0 saturated carbocycles. The monoisotopic (exact) mass is 437 g/mol. The topological polar surface area (TPSA) is 88.8 Å². The van der Waals surface area contributed by atoms with Gasteiger partial charge in [0.1, 0.15) is 12.4 Å². The Bertz CT molecular complexity index is 947. The molecule has 0 bridgehead atoms. The molecule has 1 N–H and O–H groups in total. The van der Waals surface area contributed by atoms with Gasteiger partial charge in [0.05, 0.1) is 11.1 Å². The van der Waals surface area contributed by atoms with Crippen molar-refractivity contribution in [3.05, 3.63) is 54.6 Å². The first-order valence-corrected chi connectivity index (χ1v) is 11.3. The van der Waals surface area contributed by atoms with Crippen molar-refractivity contribution in [3.8, 4) is 0 Å². The number of nitrogens with one attached hydrogen (secondary N) is 1. The Labute approximate surface area is 188 Å². The van der Waals surface area contributed by atoms with Crippen LogP contribution in [0.1, 0.15) is 45.1 Å². The van der Waals surface area contributed by atoms with Crippen LogP contribution in [-0.4, -0.2) is 57.8 Å². The minimum absolute atomic E-state index is 0.0534. The smallest absolute Gasteiger partial charge is 0.329 e. The zero-order valence-corrected chi connectivity index (χ0v) is 18.7. The fourth-order valence-electron chi connectivity index (χ4n) is 4.44. The van der Waals surface area contributed by atoms with Gasteiger partial charge >= 0.3 is 6.03 Å². The quantitative estimate of drug-likeness (QED) is 0.751. The maximum atomic E-state index is 13.3. The summed E-state index contributed by atoms with van der Waals surface area (Å²) in [6, 6.07) is 9.89. The molecule has 2 amide bonds. The van der Waals surface area contributed by atoms with E-state index in [4.69, 9.17) is 4.84 Å². The molecule has 1 aromatic heterocycles. The third kappa shape index (κ3) is 4.84. The number of imidazole rings is 1. The molecule has 2 aromatic rings. The summed E-state index contributed by atoms with van der Waals surface area (Å²) in [5, 5.41) is 7.44. The predicted molar refractivity (Wildman–Crippen MR) is 121 cm³/mol. The van der Waals surface area contributed by atoms with Crippen LogP contribution in [0.15, 0.2) is 54.2 Å². The van der Waals surface area contributed by atoms with Crippen LogP contribution in [-0.2, 0) is 9.63 Å². The van der Waals surface area contributed by atoms with Crippen LogP contribution in [0.2, 0.25) is 0 Å². The van der Waals surface area contributed by atoms with E-state index in [1.54, 1.807) is 17.3 Å². The Hall–Kier alpha value is -3.16. The first-order chi connectivity index (χ1) is 15.5. The average molecular weight is 438 g/mol. The van der Waals surface area contributed by atoms with Gasteiger partial charge in [0.25, 0.3) is 0 Å². The molecule has 4 rings (SSSR count). The molecule has 0 aliphatic carbocycles. The second kappa shape index (κ2) is 9.54. The van der Waals surface area contributed by atoms with Gasteiger partial charge in [0.2, 0.25) is 5.91 Å². The highest BCUT2D eigenvalue weighted by molar-refractivity contribution is 6.01. The van der Waals surface area contributed by atoms with Gasteiger partial charge in [-0.2, -0.15) is 0 Å². The Morgan fingerprint density at radius 2 is 1.97 bits per heavy atom. The standard InChI is InChI=1S/C24H31N5O3/c1-18(2)16-26-22(30)24(8-11-28(12-9-24)23(31)29-13-10-25-17-29)15-20-14-21(27-32-20)19-6-4-3-5-7-19/h3-7,10,13,17-18,20H,8-9,11-12,14-16H2,1-2H3,(H,26,30)/t20-/m1/s1. The second-order valence-corrected chi connectivity index (χ2v) is 9.16. The molecule has 0 unspecified atom stereocenters. The van der Waals surface area contributed by atoms with Gasteiger partial charge in [-0.3, -0.25) is 9.36 Å². The molecule has 0 spiro atoms. The van der Waals surface area contributed by atoms with E-state index >= 15 is 0 Å². The van der Waals surface area contributed by atoms with Gasteiger partial charge in [0.15, 0.2) is 0 Å².